The molecule has 0 aromatic heterocycles. The zero-order valence-corrected chi connectivity index (χ0v) is 11.2. The number of Topliss-reactive ketones (excluding diaryl/α,β-unsaturated/α-hetero) is 1. The lowest BCUT2D eigenvalue weighted by Gasteiger charge is -2.34. The monoisotopic (exact) mass is 250 g/mol. The molecular formula is C18H18O. The summed E-state index contributed by atoms with van der Waals surface area (Å²) in [4.78, 5) is 12.5. The summed E-state index contributed by atoms with van der Waals surface area (Å²) in [6.07, 6.45) is 2.35. The molecule has 0 N–H and O–H groups in total. The molecule has 0 aliphatic heterocycles. The van der Waals surface area contributed by atoms with Gasteiger partial charge in [0.1, 0.15) is 5.78 Å². The van der Waals surface area contributed by atoms with Crippen molar-refractivity contribution in [1.29, 1.82) is 0 Å². The van der Waals surface area contributed by atoms with E-state index >= 15 is 0 Å². The second kappa shape index (κ2) is 4.65. The quantitative estimate of drug-likeness (QED) is 0.794. The molecule has 1 aliphatic rings. The highest BCUT2D eigenvalue weighted by Gasteiger charge is 2.39. The Morgan fingerprint density at radius 1 is 0.947 bits per heavy atom. The molecule has 1 unspecified atom stereocenters. The Bertz CT molecular complexity index is 600. The van der Waals surface area contributed by atoms with E-state index in [1.54, 1.807) is 0 Å². The predicted octanol–water partition coefficient (Wildman–Crippen LogP) is 3.70. The molecule has 0 saturated carbocycles. The van der Waals surface area contributed by atoms with Crippen molar-refractivity contribution < 1.29 is 4.79 Å². The Labute approximate surface area is 114 Å². The van der Waals surface area contributed by atoms with Gasteiger partial charge in [-0.2, -0.15) is 0 Å². The minimum absolute atomic E-state index is 0.365. The summed E-state index contributed by atoms with van der Waals surface area (Å²) in [6, 6.07) is 18.7. The molecule has 1 heteroatoms. The van der Waals surface area contributed by atoms with Crippen molar-refractivity contribution in [2.45, 2.75) is 31.6 Å². The zero-order chi connectivity index (χ0) is 13.3. The van der Waals surface area contributed by atoms with Crippen LogP contribution in [0.1, 0.15) is 30.0 Å². The second-order valence-corrected chi connectivity index (χ2v) is 5.57. The molecule has 19 heavy (non-hydrogen) atoms. The van der Waals surface area contributed by atoms with E-state index in [2.05, 4.69) is 37.3 Å². The summed E-state index contributed by atoms with van der Waals surface area (Å²) in [5, 5.41) is 0. The van der Waals surface area contributed by atoms with Gasteiger partial charge in [0.2, 0.25) is 0 Å². The van der Waals surface area contributed by atoms with Crippen molar-refractivity contribution in [3.63, 3.8) is 0 Å². The highest BCUT2D eigenvalue weighted by Crippen LogP contribution is 2.37. The minimum Gasteiger partial charge on any atom is -0.299 e. The fourth-order valence-corrected chi connectivity index (χ4v) is 3.15. The molecule has 1 nitrogen and oxygen atoms in total. The van der Waals surface area contributed by atoms with Crippen LogP contribution in [-0.2, 0) is 23.1 Å². The first-order chi connectivity index (χ1) is 9.20. The maximum absolute atomic E-state index is 12.5. The van der Waals surface area contributed by atoms with E-state index in [4.69, 9.17) is 0 Å². The highest BCUT2D eigenvalue weighted by atomic mass is 16.1. The van der Waals surface area contributed by atoms with Gasteiger partial charge >= 0.3 is 0 Å². The summed E-state index contributed by atoms with van der Waals surface area (Å²) >= 11 is 0. The number of ketones is 1. The molecule has 2 aromatic rings. The van der Waals surface area contributed by atoms with Gasteiger partial charge in [-0.05, 0) is 36.5 Å². The fourth-order valence-electron chi connectivity index (χ4n) is 3.15. The third-order valence-electron chi connectivity index (χ3n) is 4.25. The van der Waals surface area contributed by atoms with Crippen LogP contribution in [-0.4, -0.2) is 5.78 Å². The lowest BCUT2D eigenvalue weighted by Crippen LogP contribution is -2.39. The molecule has 0 saturated heterocycles. The third-order valence-corrected chi connectivity index (χ3v) is 4.25. The van der Waals surface area contributed by atoms with Crippen molar-refractivity contribution in [1.82, 2.24) is 0 Å². The van der Waals surface area contributed by atoms with Gasteiger partial charge in [-0.1, -0.05) is 54.6 Å². The Morgan fingerprint density at radius 3 is 2.42 bits per heavy atom. The van der Waals surface area contributed by atoms with E-state index in [0.29, 0.717) is 12.2 Å². The molecular weight excluding hydrogens is 232 g/mol. The number of carbonyl (C=O) groups excluding carboxylic acids is 1. The Morgan fingerprint density at radius 2 is 1.63 bits per heavy atom. The molecule has 0 amide bonds. The topological polar surface area (TPSA) is 17.1 Å². The number of hydrogen-bond donors (Lipinski definition) is 0. The lowest BCUT2D eigenvalue weighted by atomic mass is 9.67. The third kappa shape index (κ3) is 2.10. The van der Waals surface area contributed by atoms with E-state index in [9.17, 15) is 4.79 Å². The van der Waals surface area contributed by atoms with Crippen LogP contribution in [0.25, 0.3) is 0 Å². The van der Waals surface area contributed by atoms with Gasteiger partial charge in [-0.25, -0.2) is 0 Å². The average Bonchev–Trinajstić information content (AvgIpc) is 2.45. The Kier molecular flexibility index (Phi) is 2.98. The van der Waals surface area contributed by atoms with E-state index in [0.717, 1.165) is 12.8 Å². The normalized spacial score (nSPS) is 22.1. The maximum atomic E-state index is 12.5. The second-order valence-electron chi connectivity index (χ2n) is 5.57. The fraction of sp³-hybridized carbons (Fsp3) is 0.278. The smallest absolute Gasteiger partial charge is 0.143 e. The Hall–Kier alpha value is -1.89. The molecule has 0 fully saturated rings. The van der Waals surface area contributed by atoms with Crippen LogP contribution in [0.15, 0.2) is 54.6 Å². The molecule has 2 aromatic carbocycles. The van der Waals surface area contributed by atoms with Gasteiger partial charge in [0.05, 0.1) is 5.41 Å². The summed E-state index contributed by atoms with van der Waals surface area (Å²) in [5.74, 6) is 0.370. The number of fused-ring (bicyclic) bond motifs is 1. The number of carbonyl (C=O) groups is 1. The number of rotatable bonds is 2. The van der Waals surface area contributed by atoms with Crippen LogP contribution in [0.4, 0.5) is 0 Å². The molecule has 0 radical (unpaired) electrons. The maximum Gasteiger partial charge on any atom is 0.143 e. The Balaban J connectivity index is 2.04. The average molecular weight is 250 g/mol. The van der Waals surface area contributed by atoms with E-state index in [1.807, 2.05) is 24.3 Å². The first-order valence-corrected chi connectivity index (χ1v) is 6.86. The van der Waals surface area contributed by atoms with Gasteiger partial charge in [-0.15, -0.1) is 0 Å². The van der Waals surface area contributed by atoms with E-state index in [-0.39, 0.29) is 5.41 Å². The van der Waals surface area contributed by atoms with Crippen LogP contribution >= 0.6 is 0 Å². The van der Waals surface area contributed by atoms with Gasteiger partial charge in [-0.3, -0.25) is 4.79 Å². The number of hydrogen-bond acceptors (Lipinski definition) is 1. The first-order valence-electron chi connectivity index (χ1n) is 6.86. The summed E-state index contributed by atoms with van der Waals surface area (Å²) in [6.45, 7) is 2.10. The van der Waals surface area contributed by atoms with Crippen LogP contribution in [0.5, 0.6) is 0 Å². The van der Waals surface area contributed by atoms with Gasteiger partial charge in [0.25, 0.3) is 0 Å². The number of benzene rings is 2. The lowest BCUT2D eigenvalue weighted by molar-refractivity contribution is -0.124. The molecule has 3 rings (SSSR count). The highest BCUT2D eigenvalue weighted by molar-refractivity contribution is 5.92. The largest absolute Gasteiger partial charge is 0.299 e. The first kappa shape index (κ1) is 12.2. The van der Waals surface area contributed by atoms with Gasteiger partial charge in [0, 0.05) is 6.42 Å². The van der Waals surface area contributed by atoms with Gasteiger partial charge < -0.3 is 0 Å². The van der Waals surface area contributed by atoms with Crippen LogP contribution in [0, 0.1) is 0 Å². The van der Waals surface area contributed by atoms with E-state index < -0.39 is 0 Å². The molecule has 0 bridgehead atoms. The van der Waals surface area contributed by atoms with Crippen LogP contribution < -0.4 is 0 Å². The summed E-state index contributed by atoms with van der Waals surface area (Å²) < 4.78 is 0. The van der Waals surface area contributed by atoms with Crippen molar-refractivity contribution in [3.05, 3.63) is 71.3 Å². The molecule has 0 heterocycles. The standard InChI is InChI=1S/C18H18O/c1-18(13-14-7-3-2-4-8-14)16-10-6-5-9-15(16)11-12-17(18)19/h2-10H,11-13H2,1H3. The van der Waals surface area contributed by atoms with E-state index in [1.165, 1.54) is 16.7 Å². The van der Waals surface area contributed by atoms with Crippen molar-refractivity contribution >= 4 is 5.78 Å². The SMILES string of the molecule is CC1(Cc2ccccc2)C(=O)CCc2ccccc21. The van der Waals surface area contributed by atoms with Crippen molar-refractivity contribution in [3.8, 4) is 0 Å². The molecule has 1 aliphatic carbocycles. The zero-order valence-electron chi connectivity index (χ0n) is 11.2. The summed E-state index contributed by atoms with van der Waals surface area (Å²) in [5.41, 5.74) is 3.42. The van der Waals surface area contributed by atoms with Gasteiger partial charge in [0.15, 0.2) is 0 Å². The molecule has 1 atom stereocenters. The molecule has 0 spiro atoms. The predicted molar refractivity (Wildman–Crippen MR) is 77.3 cm³/mol. The molecule has 96 valence electrons. The van der Waals surface area contributed by atoms with Crippen molar-refractivity contribution in [2.24, 2.45) is 0 Å². The minimum atomic E-state index is -0.365. The summed E-state index contributed by atoms with van der Waals surface area (Å²) in [7, 11) is 0. The number of aryl methyl sites for hydroxylation is 1. The van der Waals surface area contributed by atoms with Crippen molar-refractivity contribution in [2.75, 3.05) is 0 Å². The van der Waals surface area contributed by atoms with Crippen LogP contribution in [0.3, 0.4) is 0 Å². The van der Waals surface area contributed by atoms with Crippen LogP contribution in [0.2, 0.25) is 0 Å².